The van der Waals surface area contributed by atoms with E-state index in [2.05, 4.69) is 5.32 Å². The van der Waals surface area contributed by atoms with Crippen LogP contribution in [0.2, 0.25) is 0 Å². The number of nitrogens with two attached hydrogens (primary N) is 1. The standard InChI is InChI=1S/C16H13N3O5S/c17-15(21)10-5-1-3-7-12(10)18-14(20)9-19-16(22)11-6-2-4-8-13(11)25(19,23)24/h1-8H,9H2,(H2,17,21)(H,18,20). The van der Waals surface area contributed by atoms with E-state index in [0.29, 0.717) is 4.31 Å². The number of nitrogens with one attached hydrogen (secondary N) is 1. The highest BCUT2D eigenvalue weighted by atomic mass is 32.2. The minimum atomic E-state index is -4.08. The molecule has 0 saturated carbocycles. The molecule has 0 fully saturated rings. The molecule has 1 aliphatic rings. The van der Waals surface area contributed by atoms with E-state index in [0.717, 1.165) is 0 Å². The Morgan fingerprint density at radius 2 is 1.68 bits per heavy atom. The Morgan fingerprint density at radius 3 is 2.36 bits per heavy atom. The number of hydrogen-bond acceptors (Lipinski definition) is 5. The first-order valence-electron chi connectivity index (χ1n) is 7.17. The third-order valence-electron chi connectivity index (χ3n) is 3.67. The molecule has 8 nitrogen and oxygen atoms in total. The molecule has 0 saturated heterocycles. The molecule has 3 rings (SSSR count). The Bertz CT molecular complexity index is 1000. The molecule has 2 aromatic carbocycles. The molecule has 2 aromatic rings. The highest BCUT2D eigenvalue weighted by molar-refractivity contribution is 7.90. The van der Waals surface area contributed by atoms with E-state index in [1.807, 2.05) is 0 Å². The summed E-state index contributed by atoms with van der Waals surface area (Å²) in [6, 6.07) is 11.8. The monoisotopic (exact) mass is 359 g/mol. The fraction of sp³-hybridized carbons (Fsp3) is 0.0625. The molecule has 9 heteroatoms. The van der Waals surface area contributed by atoms with Gasteiger partial charge in [-0.3, -0.25) is 14.4 Å². The minimum absolute atomic E-state index is 0.0211. The normalized spacial score (nSPS) is 14.9. The van der Waals surface area contributed by atoms with Crippen molar-refractivity contribution < 1.29 is 22.8 Å². The van der Waals surface area contributed by atoms with E-state index in [-0.39, 0.29) is 21.7 Å². The summed E-state index contributed by atoms with van der Waals surface area (Å²) in [6.45, 7) is -0.705. The SMILES string of the molecule is NC(=O)c1ccccc1NC(=O)CN1C(=O)c2ccccc2S1(=O)=O. The highest BCUT2D eigenvalue weighted by Crippen LogP contribution is 2.29. The Morgan fingerprint density at radius 1 is 1.04 bits per heavy atom. The number of sulfonamides is 1. The van der Waals surface area contributed by atoms with Crippen LogP contribution in [0, 0.1) is 0 Å². The third kappa shape index (κ3) is 2.85. The van der Waals surface area contributed by atoms with Gasteiger partial charge in [0.1, 0.15) is 11.4 Å². The first-order valence-corrected chi connectivity index (χ1v) is 8.61. The number of para-hydroxylation sites is 1. The summed E-state index contributed by atoms with van der Waals surface area (Å²) in [4.78, 5) is 35.7. The fourth-order valence-corrected chi connectivity index (χ4v) is 4.04. The van der Waals surface area contributed by atoms with Gasteiger partial charge < -0.3 is 11.1 Å². The lowest BCUT2D eigenvalue weighted by Crippen LogP contribution is -2.37. The molecule has 0 spiro atoms. The van der Waals surface area contributed by atoms with E-state index >= 15 is 0 Å². The summed E-state index contributed by atoms with van der Waals surface area (Å²) in [5, 5.41) is 2.41. The average Bonchev–Trinajstić information content (AvgIpc) is 2.76. The van der Waals surface area contributed by atoms with E-state index < -0.39 is 34.3 Å². The second-order valence-corrected chi connectivity index (χ2v) is 7.10. The van der Waals surface area contributed by atoms with Crippen molar-refractivity contribution in [2.24, 2.45) is 5.73 Å². The van der Waals surface area contributed by atoms with Crippen LogP contribution in [0.25, 0.3) is 0 Å². The predicted octanol–water partition coefficient (Wildman–Crippen LogP) is 0.569. The van der Waals surface area contributed by atoms with Gasteiger partial charge in [-0.2, -0.15) is 0 Å². The predicted molar refractivity (Wildman–Crippen MR) is 88.3 cm³/mol. The Balaban J connectivity index is 1.84. The maximum Gasteiger partial charge on any atom is 0.269 e. The van der Waals surface area contributed by atoms with Crippen LogP contribution in [0.4, 0.5) is 5.69 Å². The van der Waals surface area contributed by atoms with E-state index in [1.54, 1.807) is 18.2 Å². The Kier molecular flexibility index (Phi) is 4.01. The molecule has 128 valence electrons. The van der Waals surface area contributed by atoms with Crippen LogP contribution in [0.5, 0.6) is 0 Å². The number of anilines is 1. The summed E-state index contributed by atoms with van der Waals surface area (Å²) in [5.41, 5.74) is 5.47. The molecular weight excluding hydrogens is 346 g/mol. The highest BCUT2D eigenvalue weighted by Gasteiger charge is 2.41. The Labute approximate surface area is 143 Å². The molecule has 25 heavy (non-hydrogen) atoms. The molecule has 0 bridgehead atoms. The topological polar surface area (TPSA) is 127 Å². The van der Waals surface area contributed by atoms with E-state index in [1.165, 1.54) is 30.3 Å². The van der Waals surface area contributed by atoms with Gasteiger partial charge in [-0.15, -0.1) is 0 Å². The second-order valence-electron chi connectivity index (χ2n) is 5.27. The van der Waals surface area contributed by atoms with Gasteiger partial charge in [-0.25, -0.2) is 12.7 Å². The van der Waals surface area contributed by atoms with Gasteiger partial charge in [0.15, 0.2) is 0 Å². The smallest absolute Gasteiger partial charge is 0.269 e. The van der Waals surface area contributed by atoms with Gasteiger partial charge in [0.25, 0.3) is 21.8 Å². The van der Waals surface area contributed by atoms with E-state index in [4.69, 9.17) is 5.73 Å². The molecule has 0 atom stereocenters. The molecule has 0 radical (unpaired) electrons. The summed E-state index contributed by atoms with van der Waals surface area (Å²) < 4.78 is 25.3. The zero-order valence-corrected chi connectivity index (χ0v) is 13.6. The first-order chi connectivity index (χ1) is 11.8. The number of hydrogen-bond donors (Lipinski definition) is 2. The molecule has 1 heterocycles. The number of amides is 3. The van der Waals surface area contributed by atoms with Gasteiger partial charge in [0.05, 0.1) is 16.8 Å². The third-order valence-corrected chi connectivity index (χ3v) is 5.45. The number of fused-ring (bicyclic) bond motifs is 1. The lowest BCUT2D eigenvalue weighted by atomic mass is 10.1. The molecule has 3 N–H and O–H groups in total. The number of carbonyl (C=O) groups excluding carboxylic acids is 3. The Hall–Kier alpha value is -3.20. The summed E-state index contributed by atoms with van der Waals surface area (Å²) in [5.74, 6) is -2.28. The fourth-order valence-electron chi connectivity index (χ4n) is 2.51. The van der Waals surface area contributed by atoms with Crippen molar-refractivity contribution in [2.75, 3.05) is 11.9 Å². The minimum Gasteiger partial charge on any atom is -0.366 e. The lowest BCUT2D eigenvalue weighted by molar-refractivity contribution is -0.116. The number of carbonyl (C=O) groups is 3. The number of rotatable bonds is 4. The molecular formula is C16H13N3O5S. The van der Waals surface area contributed by atoms with Gasteiger partial charge >= 0.3 is 0 Å². The van der Waals surface area contributed by atoms with Crippen LogP contribution in [0.15, 0.2) is 53.4 Å². The molecule has 1 aliphatic heterocycles. The lowest BCUT2D eigenvalue weighted by Gasteiger charge is -2.15. The van der Waals surface area contributed by atoms with Crippen molar-refractivity contribution in [3.05, 3.63) is 59.7 Å². The first kappa shape index (κ1) is 16.7. The zero-order chi connectivity index (χ0) is 18.2. The number of primary amides is 1. The molecule has 3 amide bonds. The van der Waals surface area contributed by atoms with Crippen LogP contribution in [-0.4, -0.2) is 37.0 Å². The average molecular weight is 359 g/mol. The van der Waals surface area contributed by atoms with Gasteiger partial charge in [0, 0.05) is 0 Å². The van der Waals surface area contributed by atoms with Crippen LogP contribution >= 0.6 is 0 Å². The van der Waals surface area contributed by atoms with E-state index in [9.17, 15) is 22.8 Å². The molecule has 0 aromatic heterocycles. The summed E-state index contributed by atoms with van der Waals surface area (Å²) in [7, 11) is -4.08. The molecule has 0 aliphatic carbocycles. The number of benzene rings is 2. The van der Waals surface area contributed by atoms with Crippen LogP contribution in [0.1, 0.15) is 20.7 Å². The van der Waals surface area contributed by atoms with Crippen molar-refractivity contribution in [3.63, 3.8) is 0 Å². The van der Waals surface area contributed by atoms with Crippen LogP contribution in [0.3, 0.4) is 0 Å². The van der Waals surface area contributed by atoms with Gasteiger partial charge in [-0.1, -0.05) is 24.3 Å². The largest absolute Gasteiger partial charge is 0.366 e. The quantitative estimate of drug-likeness (QED) is 0.825. The van der Waals surface area contributed by atoms with Gasteiger partial charge in [-0.05, 0) is 24.3 Å². The zero-order valence-electron chi connectivity index (χ0n) is 12.8. The maximum atomic E-state index is 12.4. The van der Waals surface area contributed by atoms with Crippen molar-refractivity contribution in [3.8, 4) is 0 Å². The summed E-state index contributed by atoms with van der Waals surface area (Å²) in [6.07, 6.45) is 0. The number of nitrogens with zero attached hydrogens (tertiary/aromatic N) is 1. The summed E-state index contributed by atoms with van der Waals surface area (Å²) >= 11 is 0. The van der Waals surface area contributed by atoms with Crippen LogP contribution in [-0.2, 0) is 14.8 Å². The van der Waals surface area contributed by atoms with Crippen molar-refractivity contribution >= 4 is 33.4 Å². The van der Waals surface area contributed by atoms with Crippen molar-refractivity contribution in [1.82, 2.24) is 4.31 Å². The van der Waals surface area contributed by atoms with Crippen LogP contribution < -0.4 is 11.1 Å². The van der Waals surface area contributed by atoms with Crippen molar-refractivity contribution in [1.29, 1.82) is 0 Å². The second kappa shape index (κ2) is 6.02. The van der Waals surface area contributed by atoms with Crippen molar-refractivity contribution in [2.45, 2.75) is 4.90 Å². The van der Waals surface area contributed by atoms with Gasteiger partial charge in [0.2, 0.25) is 5.91 Å². The maximum absolute atomic E-state index is 12.4. The molecule has 0 unspecified atom stereocenters.